The van der Waals surface area contributed by atoms with E-state index in [0.29, 0.717) is 42.1 Å². The van der Waals surface area contributed by atoms with Crippen LogP contribution in [0.25, 0.3) is 11.3 Å². The molecule has 1 atom stereocenters. The Kier molecular flexibility index (Phi) is 10.1. The fraction of sp³-hybridized carbons (Fsp3) is 0.633. The van der Waals surface area contributed by atoms with Crippen molar-refractivity contribution in [2.45, 2.75) is 103 Å². The maximum atomic E-state index is 13.5. The van der Waals surface area contributed by atoms with Crippen LogP contribution in [0.3, 0.4) is 0 Å². The van der Waals surface area contributed by atoms with Crippen LogP contribution in [0.1, 0.15) is 94.5 Å². The first-order valence-electron chi connectivity index (χ1n) is 14.4. The number of hydrogen-bond acceptors (Lipinski definition) is 5. The third kappa shape index (κ3) is 7.08. The standard InChI is InChI=1S/C30H44N4O4/c1-4-18-34-25(29-26(37-2)14-9-15-27(29)38-3)20-24(33-34)30(36)32-23(17-16-21-10-6-5-7-11-21)19-28(35)31-22-12-8-13-22/h9,14-15,20-23H,4-8,10-13,16-19H2,1-3H3,(H,31,35)(H,32,36). The number of nitrogens with one attached hydrogen (secondary N) is 2. The number of methoxy groups -OCH3 is 2. The molecule has 2 aliphatic rings. The number of aryl methyl sites for hydroxylation is 1. The zero-order chi connectivity index (χ0) is 26.9. The van der Waals surface area contributed by atoms with Crippen molar-refractivity contribution in [2.24, 2.45) is 5.92 Å². The number of benzene rings is 1. The Morgan fingerprint density at radius 1 is 1.05 bits per heavy atom. The Hall–Kier alpha value is -3.03. The van der Waals surface area contributed by atoms with Gasteiger partial charge in [0.25, 0.3) is 5.91 Å². The molecule has 2 saturated carbocycles. The van der Waals surface area contributed by atoms with Crippen LogP contribution in [-0.2, 0) is 11.3 Å². The van der Waals surface area contributed by atoms with Gasteiger partial charge in [-0.1, -0.05) is 45.1 Å². The molecule has 0 saturated heterocycles. The van der Waals surface area contributed by atoms with Crippen LogP contribution in [0.15, 0.2) is 24.3 Å². The van der Waals surface area contributed by atoms with E-state index < -0.39 is 0 Å². The van der Waals surface area contributed by atoms with E-state index in [1.54, 1.807) is 20.3 Å². The second-order valence-corrected chi connectivity index (χ2v) is 10.8. The van der Waals surface area contributed by atoms with Crippen LogP contribution in [0.5, 0.6) is 11.5 Å². The summed E-state index contributed by atoms with van der Waals surface area (Å²) in [5, 5.41) is 11.0. The molecule has 2 amide bonds. The zero-order valence-electron chi connectivity index (χ0n) is 23.3. The third-order valence-electron chi connectivity index (χ3n) is 8.02. The Morgan fingerprint density at radius 3 is 2.37 bits per heavy atom. The summed E-state index contributed by atoms with van der Waals surface area (Å²) < 4.78 is 13.1. The fourth-order valence-corrected chi connectivity index (χ4v) is 5.68. The number of ether oxygens (including phenoxy) is 2. The van der Waals surface area contributed by atoms with Crippen molar-refractivity contribution in [1.29, 1.82) is 0 Å². The van der Waals surface area contributed by atoms with E-state index in [1.807, 2.05) is 22.9 Å². The number of carbonyl (C=O) groups excluding carboxylic acids is 2. The molecule has 4 rings (SSSR count). The zero-order valence-corrected chi connectivity index (χ0v) is 23.3. The summed E-state index contributed by atoms with van der Waals surface area (Å²) in [5.74, 6) is 1.78. The monoisotopic (exact) mass is 524 g/mol. The molecule has 2 N–H and O–H groups in total. The maximum Gasteiger partial charge on any atom is 0.272 e. The molecule has 208 valence electrons. The first-order valence-corrected chi connectivity index (χ1v) is 14.4. The van der Waals surface area contributed by atoms with Gasteiger partial charge in [0.05, 0.1) is 25.5 Å². The molecule has 1 aromatic carbocycles. The van der Waals surface area contributed by atoms with Gasteiger partial charge < -0.3 is 20.1 Å². The van der Waals surface area contributed by atoms with Crippen LogP contribution in [-0.4, -0.2) is 47.9 Å². The van der Waals surface area contributed by atoms with Gasteiger partial charge in [0.1, 0.15) is 11.5 Å². The average Bonchev–Trinajstić information content (AvgIpc) is 3.33. The minimum atomic E-state index is -0.250. The predicted molar refractivity (Wildman–Crippen MR) is 149 cm³/mol. The van der Waals surface area contributed by atoms with E-state index in [4.69, 9.17) is 9.47 Å². The molecule has 2 aromatic rings. The van der Waals surface area contributed by atoms with Gasteiger partial charge in [-0.2, -0.15) is 5.10 Å². The van der Waals surface area contributed by atoms with E-state index in [9.17, 15) is 9.59 Å². The lowest BCUT2D eigenvalue weighted by Crippen LogP contribution is -2.44. The van der Waals surface area contributed by atoms with E-state index in [-0.39, 0.29) is 17.9 Å². The Morgan fingerprint density at radius 2 is 1.76 bits per heavy atom. The summed E-state index contributed by atoms with van der Waals surface area (Å²) >= 11 is 0. The lowest BCUT2D eigenvalue weighted by molar-refractivity contribution is -0.122. The molecular weight excluding hydrogens is 480 g/mol. The van der Waals surface area contributed by atoms with Crippen LogP contribution in [0, 0.1) is 5.92 Å². The van der Waals surface area contributed by atoms with Crippen molar-refractivity contribution in [3.05, 3.63) is 30.0 Å². The minimum absolute atomic E-state index is 0.0274. The number of nitrogens with zero attached hydrogens (tertiary/aromatic N) is 2. The number of carbonyl (C=O) groups is 2. The molecule has 1 heterocycles. The molecule has 8 nitrogen and oxygen atoms in total. The molecule has 0 spiro atoms. The number of rotatable bonds is 13. The van der Waals surface area contributed by atoms with E-state index in [1.165, 1.54) is 38.5 Å². The lowest BCUT2D eigenvalue weighted by Gasteiger charge is -2.28. The Bertz CT molecular complexity index is 1050. The Labute approximate surface area is 226 Å². The Balaban J connectivity index is 1.52. The summed E-state index contributed by atoms with van der Waals surface area (Å²) in [6.45, 7) is 2.73. The van der Waals surface area contributed by atoms with E-state index >= 15 is 0 Å². The molecule has 8 heteroatoms. The minimum Gasteiger partial charge on any atom is -0.496 e. The first-order chi connectivity index (χ1) is 18.5. The van der Waals surface area contributed by atoms with Crippen LogP contribution < -0.4 is 20.1 Å². The van der Waals surface area contributed by atoms with Crippen molar-refractivity contribution in [1.82, 2.24) is 20.4 Å². The van der Waals surface area contributed by atoms with Gasteiger partial charge in [0, 0.05) is 25.0 Å². The molecule has 1 unspecified atom stereocenters. The first kappa shape index (κ1) is 28.0. The van der Waals surface area contributed by atoms with Gasteiger partial charge >= 0.3 is 0 Å². The quantitative estimate of drug-likeness (QED) is 0.361. The van der Waals surface area contributed by atoms with Gasteiger partial charge in [-0.05, 0) is 62.6 Å². The highest BCUT2D eigenvalue weighted by atomic mass is 16.5. The van der Waals surface area contributed by atoms with Crippen molar-refractivity contribution in [3.63, 3.8) is 0 Å². The topological polar surface area (TPSA) is 94.5 Å². The van der Waals surface area contributed by atoms with Crippen molar-refractivity contribution in [3.8, 4) is 22.8 Å². The highest BCUT2D eigenvalue weighted by molar-refractivity contribution is 5.94. The van der Waals surface area contributed by atoms with Crippen LogP contribution in [0.2, 0.25) is 0 Å². The van der Waals surface area contributed by atoms with Gasteiger partial charge in [-0.3, -0.25) is 14.3 Å². The second kappa shape index (κ2) is 13.7. The third-order valence-corrected chi connectivity index (χ3v) is 8.02. The number of hydrogen-bond donors (Lipinski definition) is 2. The fourth-order valence-electron chi connectivity index (χ4n) is 5.68. The normalized spacial score (nSPS) is 16.9. The summed E-state index contributed by atoms with van der Waals surface area (Å²) in [7, 11) is 3.25. The van der Waals surface area contributed by atoms with Gasteiger partial charge in [0.15, 0.2) is 5.69 Å². The van der Waals surface area contributed by atoms with Crippen molar-refractivity contribution >= 4 is 11.8 Å². The number of aromatic nitrogens is 2. The maximum absolute atomic E-state index is 13.5. The van der Waals surface area contributed by atoms with Gasteiger partial charge in [-0.25, -0.2) is 0 Å². The van der Waals surface area contributed by atoms with Crippen LogP contribution >= 0.6 is 0 Å². The van der Waals surface area contributed by atoms with Crippen molar-refractivity contribution < 1.29 is 19.1 Å². The smallest absolute Gasteiger partial charge is 0.272 e. The molecular formula is C30H44N4O4. The van der Waals surface area contributed by atoms with E-state index in [0.717, 1.165) is 43.4 Å². The average molecular weight is 525 g/mol. The largest absolute Gasteiger partial charge is 0.496 e. The molecule has 2 fully saturated rings. The molecule has 1 aromatic heterocycles. The molecule has 2 aliphatic carbocycles. The SMILES string of the molecule is CCCn1nc(C(=O)NC(CCC2CCCCC2)CC(=O)NC2CCC2)cc1-c1c(OC)cccc1OC. The van der Waals surface area contributed by atoms with E-state index in [2.05, 4.69) is 22.7 Å². The van der Waals surface area contributed by atoms with Crippen molar-refractivity contribution in [2.75, 3.05) is 14.2 Å². The summed E-state index contributed by atoms with van der Waals surface area (Å²) in [4.78, 5) is 26.3. The molecule has 38 heavy (non-hydrogen) atoms. The second-order valence-electron chi connectivity index (χ2n) is 10.8. The molecule has 0 bridgehead atoms. The lowest BCUT2D eigenvalue weighted by atomic mass is 9.85. The van der Waals surface area contributed by atoms with Gasteiger partial charge in [0.2, 0.25) is 5.91 Å². The van der Waals surface area contributed by atoms with Gasteiger partial charge in [-0.15, -0.1) is 0 Å². The molecule has 0 radical (unpaired) electrons. The van der Waals surface area contributed by atoms with Crippen LogP contribution in [0.4, 0.5) is 0 Å². The number of amides is 2. The summed E-state index contributed by atoms with van der Waals surface area (Å²) in [6, 6.07) is 7.51. The highest BCUT2D eigenvalue weighted by Crippen LogP contribution is 2.38. The predicted octanol–water partition coefficient (Wildman–Crippen LogP) is 5.50. The highest BCUT2D eigenvalue weighted by Gasteiger charge is 2.26. The molecule has 0 aliphatic heterocycles. The summed E-state index contributed by atoms with van der Waals surface area (Å²) in [5.41, 5.74) is 1.88. The summed E-state index contributed by atoms with van der Waals surface area (Å²) in [6.07, 6.45) is 12.7.